The number of esters is 1. The van der Waals surface area contributed by atoms with Crippen molar-refractivity contribution >= 4 is 5.97 Å². The molecule has 0 aliphatic carbocycles. The van der Waals surface area contributed by atoms with Crippen molar-refractivity contribution in [3.63, 3.8) is 0 Å². The Kier molecular flexibility index (Phi) is 3.62. The van der Waals surface area contributed by atoms with Crippen LogP contribution in [0.5, 0.6) is 0 Å². The Morgan fingerprint density at radius 1 is 1.39 bits per heavy atom. The zero-order chi connectivity index (χ0) is 13.0. The van der Waals surface area contributed by atoms with Crippen LogP contribution in [0.1, 0.15) is 17.3 Å². The molecule has 0 amide bonds. The van der Waals surface area contributed by atoms with Gasteiger partial charge in [0.25, 0.3) is 0 Å². The van der Waals surface area contributed by atoms with Gasteiger partial charge >= 0.3 is 5.97 Å². The summed E-state index contributed by atoms with van der Waals surface area (Å²) in [6.45, 7) is 1.86. The first kappa shape index (κ1) is 12.2. The molecule has 0 saturated carbocycles. The fourth-order valence-electron chi connectivity index (χ4n) is 1.51. The highest BCUT2D eigenvalue weighted by Gasteiger charge is 2.17. The Morgan fingerprint density at radius 3 is 2.89 bits per heavy atom. The molecule has 0 spiro atoms. The van der Waals surface area contributed by atoms with Crippen molar-refractivity contribution in [3.05, 3.63) is 48.2 Å². The molecule has 0 aliphatic heterocycles. The molecule has 2 heterocycles. The second-order valence-corrected chi connectivity index (χ2v) is 3.48. The summed E-state index contributed by atoms with van der Waals surface area (Å²) in [5.41, 5.74) is 0.487. The van der Waals surface area contributed by atoms with Gasteiger partial charge in [0.15, 0.2) is 5.82 Å². The van der Waals surface area contributed by atoms with Gasteiger partial charge in [-0.1, -0.05) is 0 Å². The number of nitrogens with zero attached hydrogens (tertiary/aromatic N) is 2. The molecule has 2 aromatic heterocycles. The van der Waals surface area contributed by atoms with Gasteiger partial charge in [-0.15, -0.1) is 0 Å². The molecule has 0 radical (unpaired) electrons. The number of rotatable bonds is 3. The van der Waals surface area contributed by atoms with Gasteiger partial charge in [-0.2, -0.15) is 0 Å². The highest BCUT2D eigenvalue weighted by Crippen LogP contribution is 2.21. The molecule has 0 fully saturated rings. The highest BCUT2D eigenvalue weighted by molar-refractivity contribution is 5.90. The number of aromatic nitrogens is 2. The summed E-state index contributed by atoms with van der Waals surface area (Å²) >= 11 is 0. The van der Waals surface area contributed by atoms with E-state index in [0.29, 0.717) is 5.56 Å². The van der Waals surface area contributed by atoms with Crippen molar-refractivity contribution in [2.24, 2.45) is 0 Å². The van der Waals surface area contributed by atoms with E-state index in [4.69, 9.17) is 4.74 Å². The smallest absolute Gasteiger partial charge is 0.341 e. The van der Waals surface area contributed by atoms with Crippen molar-refractivity contribution in [1.82, 2.24) is 9.97 Å². The van der Waals surface area contributed by atoms with E-state index in [1.165, 1.54) is 18.5 Å². The predicted molar refractivity (Wildman–Crippen MR) is 63.4 cm³/mol. The molecule has 92 valence electrons. The van der Waals surface area contributed by atoms with Crippen molar-refractivity contribution in [1.29, 1.82) is 0 Å². The number of pyridine rings is 2. The molecule has 0 bridgehead atoms. The van der Waals surface area contributed by atoms with Crippen molar-refractivity contribution in [3.8, 4) is 11.3 Å². The number of carbonyl (C=O) groups excluding carboxylic acids is 1. The second kappa shape index (κ2) is 5.35. The van der Waals surface area contributed by atoms with Crippen LogP contribution in [-0.2, 0) is 4.74 Å². The van der Waals surface area contributed by atoms with Gasteiger partial charge in [-0.3, -0.25) is 9.97 Å². The molecule has 0 atom stereocenters. The molecule has 0 aromatic carbocycles. The van der Waals surface area contributed by atoms with Crippen molar-refractivity contribution < 1.29 is 13.9 Å². The first-order chi connectivity index (χ1) is 8.74. The van der Waals surface area contributed by atoms with E-state index in [1.807, 2.05) is 0 Å². The Morgan fingerprint density at radius 2 is 2.22 bits per heavy atom. The maximum Gasteiger partial charge on any atom is 0.341 e. The van der Waals surface area contributed by atoms with Gasteiger partial charge in [0, 0.05) is 24.2 Å². The van der Waals surface area contributed by atoms with Crippen LogP contribution >= 0.6 is 0 Å². The summed E-state index contributed by atoms with van der Waals surface area (Å²) < 4.78 is 18.9. The van der Waals surface area contributed by atoms with Crippen LogP contribution in [0.4, 0.5) is 4.39 Å². The fraction of sp³-hybridized carbons (Fsp3) is 0.154. The van der Waals surface area contributed by atoms with Gasteiger partial charge in [0.2, 0.25) is 0 Å². The summed E-state index contributed by atoms with van der Waals surface area (Å²) in [6, 6.07) is 4.65. The molecule has 0 aliphatic rings. The lowest BCUT2D eigenvalue weighted by atomic mass is 10.1. The van der Waals surface area contributed by atoms with Crippen LogP contribution in [0.25, 0.3) is 11.3 Å². The number of hydrogen-bond acceptors (Lipinski definition) is 4. The topological polar surface area (TPSA) is 52.1 Å². The maximum absolute atomic E-state index is 14.1. The zero-order valence-corrected chi connectivity index (χ0v) is 9.76. The number of halogens is 1. The van der Waals surface area contributed by atoms with E-state index in [1.54, 1.807) is 25.3 Å². The molecule has 0 saturated heterocycles. The molecule has 0 unspecified atom stereocenters. The molecule has 5 heteroatoms. The van der Waals surface area contributed by atoms with Crippen LogP contribution in [0.15, 0.2) is 36.8 Å². The summed E-state index contributed by atoms with van der Waals surface area (Å²) in [6.07, 6.45) is 4.44. The number of ether oxygens (including phenoxy) is 1. The van der Waals surface area contributed by atoms with Crippen molar-refractivity contribution in [2.75, 3.05) is 6.61 Å². The predicted octanol–water partition coefficient (Wildman–Crippen LogP) is 2.46. The molecular weight excluding hydrogens is 235 g/mol. The summed E-state index contributed by atoms with van der Waals surface area (Å²) in [4.78, 5) is 19.4. The van der Waals surface area contributed by atoms with Crippen LogP contribution in [0, 0.1) is 5.82 Å². The second-order valence-electron chi connectivity index (χ2n) is 3.48. The van der Waals surface area contributed by atoms with Crippen molar-refractivity contribution in [2.45, 2.75) is 6.92 Å². The quantitative estimate of drug-likeness (QED) is 0.780. The summed E-state index contributed by atoms with van der Waals surface area (Å²) in [5, 5.41) is 0. The monoisotopic (exact) mass is 246 g/mol. The van der Waals surface area contributed by atoms with E-state index >= 15 is 0 Å². The Hall–Kier alpha value is -2.30. The van der Waals surface area contributed by atoms with Gasteiger partial charge in [-0.05, 0) is 25.1 Å². The van der Waals surface area contributed by atoms with Crippen LogP contribution in [-0.4, -0.2) is 22.5 Å². The lowest BCUT2D eigenvalue weighted by Crippen LogP contribution is -2.08. The zero-order valence-electron chi connectivity index (χ0n) is 9.76. The molecule has 2 aromatic rings. The van der Waals surface area contributed by atoms with E-state index in [0.717, 1.165) is 0 Å². The average molecular weight is 246 g/mol. The minimum atomic E-state index is -0.692. The Bertz CT molecular complexity index is 558. The highest BCUT2D eigenvalue weighted by atomic mass is 19.1. The number of carbonyl (C=O) groups is 1. The molecule has 0 N–H and O–H groups in total. The molecule has 18 heavy (non-hydrogen) atoms. The summed E-state index contributed by atoms with van der Waals surface area (Å²) in [5.74, 6) is -1.38. The Labute approximate surface area is 103 Å². The van der Waals surface area contributed by atoms with E-state index < -0.39 is 11.8 Å². The summed E-state index contributed by atoms with van der Waals surface area (Å²) in [7, 11) is 0. The largest absolute Gasteiger partial charge is 0.462 e. The minimum absolute atomic E-state index is 0.0913. The number of hydrogen-bond donors (Lipinski definition) is 0. The first-order valence-electron chi connectivity index (χ1n) is 5.46. The van der Waals surface area contributed by atoms with Gasteiger partial charge < -0.3 is 4.74 Å². The Balaban J connectivity index is 2.46. The normalized spacial score (nSPS) is 10.1. The van der Waals surface area contributed by atoms with E-state index in [2.05, 4.69) is 9.97 Å². The first-order valence-corrected chi connectivity index (χ1v) is 5.46. The third-order valence-corrected chi connectivity index (χ3v) is 2.32. The molecule has 4 nitrogen and oxygen atoms in total. The third kappa shape index (κ3) is 2.34. The van der Waals surface area contributed by atoms with E-state index in [9.17, 15) is 9.18 Å². The van der Waals surface area contributed by atoms with Gasteiger partial charge in [0.05, 0.1) is 12.2 Å². The van der Waals surface area contributed by atoms with Crippen LogP contribution in [0.2, 0.25) is 0 Å². The average Bonchev–Trinajstić information content (AvgIpc) is 2.40. The molecule has 2 rings (SSSR count). The standard InChI is InChI=1S/C13H11FN2O2/c1-2-18-13(17)10-5-7-16-12(11(10)14)9-4-3-6-15-8-9/h3-8H,2H2,1H3. The third-order valence-electron chi connectivity index (χ3n) is 2.32. The van der Waals surface area contributed by atoms with Crippen LogP contribution < -0.4 is 0 Å². The fourth-order valence-corrected chi connectivity index (χ4v) is 1.51. The maximum atomic E-state index is 14.1. The van der Waals surface area contributed by atoms with E-state index in [-0.39, 0.29) is 17.9 Å². The minimum Gasteiger partial charge on any atom is -0.462 e. The van der Waals surface area contributed by atoms with Crippen LogP contribution in [0.3, 0.4) is 0 Å². The van der Waals surface area contributed by atoms with Gasteiger partial charge in [-0.25, -0.2) is 9.18 Å². The van der Waals surface area contributed by atoms with Gasteiger partial charge in [0.1, 0.15) is 5.69 Å². The lowest BCUT2D eigenvalue weighted by molar-refractivity contribution is 0.0521. The lowest BCUT2D eigenvalue weighted by Gasteiger charge is -2.06. The SMILES string of the molecule is CCOC(=O)c1ccnc(-c2cccnc2)c1F. The molecular formula is C13H11FN2O2.